The van der Waals surface area contributed by atoms with Crippen molar-refractivity contribution >= 4 is 22.8 Å². The van der Waals surface area contributed by atoms with Crippen molar-refractivity contribution in [3.8, 4) is 0 Å². The number of H-pyrrole nitrogens is 2. The molecule has 2 aromatic heterocycles. The largest absolute Gasteiger partial charge is 0.334 e. The molecule has 0 atom stereocenters. The molecule has 0 radical (unpaired) electrons. The van der Waals surface area contributed by atoms with Crippen molar-refractivity contribution in [2.75, 3.05) is 5.32 Å². The summed E-state index contributed by atoms with van der Waals surface area (Å²) in [6.45, 7) is 0.187. The quantitative estimate of drug-likeness (QED) is 0.592. The zero-order chi connectivity index (χ0) is 15.5. The molecule has 0 aliphatic heterocycles. The second kappa shape index (κ2) is 5.68. The standard InChI is InChI=1S/C14H12FN5O2/c15-9-3-1-2-8(4-9)6-17-14(22)18-12-5-11-10(7-16-12)13(21)20-19-11/h1-5,7H,6H2,(H2,19,20,21)(H2,16,17,18,22). The number of amides is 2. The van der Waals surface area contributed by atoms with E-state index in [4.69, 9.17) is 0 Å². The Morgan fingerprint density at radius 1 is 1.27 bits per heavy atom. The van der Waals surface area contributed by atoms with Gasteiger partial charge in [0, 0.05) is 18.8 Å². The number of aromatic amines is 2. The van der Waals surface area contributed by atoms with Crippen LogP contribution in [-0.4, -0.2) is 21.2 Å². The van der Waals surface area contributed by atoms with E-state index in [0.29, 0.717) is 22.3 Å². The number of halogens is 1. The van der Waals surface area contributed by atoms with Crippen LogP contribution in [0.2, 0.25) is 0 Å². The molecule has 8 heteroatoms. The number of anilines is 1. The molecular weight excluding hydrogens is 289 g/mol. The lowest BCUT2D eigenvalue weighted by Crippen LogP contribution is -2.28. The third kappa shape index (κ3) is 2.95. The molecule has 2 amide bonds. The monoisotopic (exact) mass is 301 g/mol. The predicted octanol–water partition coefficient (Wildman–Crippen LogP) is 1.71. The van der Waals surface area contributed by atoms with Crippen LogP contribution in [0.4, 0.5) is 15.0 Å². The molecule has 3 rings (SSSR count). The second-order valence-electron chi connectivity index (χ2n) is 4.63. The first-order chi connectivity index (χ1) is 10.6. The highest BCUT2D eigenvalue weighted by molar-refractivity contribution is 5.90. The van der Waals surface area contributed by atoms with Gasteiger partial charge in [-0.3, -0.25) is 20.3 Å². The van der Waals surface area contributed by atoms with E-state index >= 15 is 0 Å². The molecule has 0 saturated heterocycles. The van der Waals surface area contributed by atoms with Crippen molar-refractivity contribution in [3.63, 3.8) is 0 Å². The van der Waals surface area contributed by atoms with Gasteiger partial charge in [-0.05, 0) is 17.7 Å². The summed E-state index contributed by atoms with van der Waals surface area (Å²) in [6.07, 6.45) is 1.37. The third-order valence-corrected chi connectivity index (χ3v) is 3.04. The molecule has 3 aromatic rings. The topological polar surface area (TPSA) is 103 Å². The van der Waals surface area contributed by atoms with Crippen LogP contribution in [-0.2, 0) is 6.54 Å². The van der Waals surface area contributed by atoms with Crippen LogP contribution in [0.25, 0.3) is 10.9 Å². The fourth-order valence-corrected chi connectivity index (χ4v) is 1.99. The van der Waals surface area contributed by atoms with Crippen LogP contribution in [0.5, 0.6) is 0 Å². The molecule has 7 nitrogen and oxygen atoms in total. The number of carbonyl (C=O) groups excluding carboxylic acids is 1. The Morgan fingerprint density at radius 3 is 2.95 bits per heavy atom. The molecule has 0 bridgehead atoms. The highest BCUT2D eigenvalue weighted by Crippen LogP contribution is 2.10. The average molecular weight is 301 g/mol. The van der Waals surface area contributed by atoms with Crippen LogP contribution in [0.1, 0.15) is 5.56 Å². The highest BCUT2D eigenvalue weighted by atomic mass is 19.1. The molecule has 0 aliphatic rings. The number of carbonyl (C=O) groups is 1. The van der Waals surface area contributed by atoms with Crippen LogP contribution in [0.15, 0.2) is 41.3 Å². The number of fused-ring (bicyclic) bond motifs is 1. The average Bonchev–Trinajstić information content (AvgIpc) is 2.86. The highest BCUT2D eigenvalue weighted by Gasteiger charge is 2.06. The molecule has 2 heterocycles. The zero-order valence-corrected chi connectivity index (χ0v) is 11.3. The van der Waals surface area contributed by atoms with E-state index in [2.05, 4.69) is 25.8 Å². The summed E-state index contributed by atoms with van der Waals surface area (Å²) in [4.78, 5) is 27.1. The minimum atomic E-state index is -0.478. The summed E-state index contributed by atoms with van der Waals surface area (Å²) in [5.74, 6) is -0.0669. The van der Waals surface area contributed by atoms with Crippen LogP contribution in [0.3, 0.4) is 0 Å². The second-order valence-corrected chi connectivity index (χ2v) is 4.63. The Hall–Kier alpha value is -3.16. The summed E-state index contributed by atoms with van der Waals surface area (Å²) in [5, 5.41) is 10.6. The summed E-state index contributed by atoms with van der Waals surface area (Å²) < 4.78 is 13.0. The van der Waals surface area contributed by atoms with E-state index in [1.807, 2.05) is 0 Å². The van der Waals surface area contributed by atoms with Gasteiger partial charge in [-0.25, -0.2) is 14.2 Å². The lowest BCUT2D eigenvalue weighted by molar-refractivity contribution is 0.251. The Bertz CT molecular complexity index is 886. The van der Waals surface area contributed by atoms with Gasteiger partial charge in [-0.15, -0.1) is 0 Å². The summed E-state index contributed by atoms with van der Waals surface area (Å²) in [5.41, 5.74) is 0.915. The molecule has 112 valence electrons. The lowest BCUT2D eigenvalue weighted by Gasteiger charge is -2.07. The number of hydrogen-bond acceptors (Lipinski definition) is 3. The number of urea groups is 1. The predicted molar refractivity (Wildman–Crippen MR) is 79.0 cm³/mol. The van der Waals surface area contributed by atoms with Crippen molar-refractivity contribution in [3.05, 3.63) is 58.3 Å². The van der Waals surface area contributed by atoms with Crippen molar-refractivity contribution in [2.24, 2.45) is 0 Å². The summed E-state index contributed by atoms with van der Waals surface area (Å²) in [6, 6.07) is 7.01. The molecule has 0 spiro atoms. The van der Waals surface area contributed by atoms with Gasteiger partial charge in [-0.1, -0.05) is 12.1 Å². The van der Waals surface area contributed by atoms with Crippen molar-refractivity contribution < 1.29 is 9.18 Å². The normalized spacial score (nSPS) is 10.6. The zero-order valence-electron chi connectivity index (χ0n) is 11.3. The van der Waals surface area contributed by atoms with E-state index in [0.717, 1.165) is 0 Å². The van der Waals surface area contributed by atoms with Crippen molar-refractivity contribution in [1.82, 2.24) is 20.5 Å². The molecular formula is C14H12FN5O2. The Labute approximate surface area is 123 Å². The fraction of sp³-hybridized carbons (Fsp3) is 0.0714. The third-order valence-electron chi connectivity index (χ3n) is 3.04. The van der Waals surface area contributed by atoms with E-state index in [9.17, 15) is 14.0 Å². The maximum Gasteiger partial charge on any atom is 0.320 e. The minimum Gasteiger partial charge on any atom is -0.334 e. The number of pyridine rings is 1. The Balaban J connectivity index is 1.64. The Morgan fingerprint density at radius 2 is 2.14 bits per heavy atom. The smallest absolute Gasteiger partial charge is 0.320 e. The first kappa shape index (κ1) is 13.8. The fourth-order valence-electron chi connectivity index (χ4n) is 1.99. The van der Waals surface area contributed by atoms with E-state index < -0.39 is 6.03 Å². The summed E-state index contributed by atoms with van der Waals surface area (Å²) >= 11 is 0. The van der Waals surface area contributed by atoms with Crippen molar-refractivity contribution in [2.45, 2.75) is 6.54 Å². The maximum atomic E-state index is 13.0. The number of aromatic nitrogens is 3. The molecule has 0 unspecified atom stereocenters. The molecule has 1 aromatic carbocycles. The number of rotatable bonds is 3. The molecule has 22 heavy (non-hydrogen) atoms. The van der Waals surface area contributed by atoms with Gasteiger partial charge >= 0.3 is 6.03 Å². The Kier molecular flexibility index (Phi) is 3.57. The van der Waals surface area contributed by atoms with Gasteiger partial charge < -0.3 is 5.32 Å². The summed E-state index contributed by atoms with van der Waals surface area (Å²) in [7, 11) is 0. The number of hydrogen-bond donors (Lipinski definition) is 4. The maximum absolute atomic E-state index is 13.0. The molecule has 0 saturated carbocycles. The van der Waals surface area contributed by atoms with Gasteiger partial charge in [-0.2, -0.15) is 0 Å². The van der Waals surface area contributed by atoms with Crippen LogP contribution >= 0.6 is 0 Å². The number of nitrogens with one attached hydrogen (secondary N) is 4. The van der Waals surface area contributed by atoms with E-state index in [1.165, 1.54) is 24.4 Å². The van der Waals surface area contributed by atoms with Crippen LogP contribution in [0, 0.1) is 5.82 Å². The van der Waals surface area contributed by atoms with E-state index in [1.54, 1.807) is 12.1 Å². The SMILES string of the molecule is O=C(NCc1cccc(F)c1)Nc1cc2[nH][nH]c(=O)c2cn1. The first-order valence-electron chi connectivity index (χ1n) is 6.47. The lowest BCUT2D eigenvalue weighted by atomic mass is 10.2. The molecule has 0 fully saturated rings. The van der Waals surface area contributed by atoms with Gasteiger partial charge in [0.25, 0.3) is 5.56 Å². The molecule has 4 N–H and O–H groups in total. The van der Waals surface area contributed by atoms with Gasteiger partial charge in [0.1, 0.15) is 11.6 Å². The van der Waals surface area contributed by atoms with Crippen molar-refractivity contribution in [1.29, 1.82) is 0 Å². The van der Waals surface area contributed by atoms with E-state index in [-0.39, 0.29) is 17.9 Å². The van der Waals surface area contributed by atoms with Gasteiger partial charge in [0.05, 0.1) is 10.9 Å². The van der Waals surface area contributed by atoms with Crippen LogP contribution < -0.4 is 16.2 Å². The van der Waals surface area contributed by atoms with Gasteiger partial charge in [0.15, 0.2) is 0 Å². The first-order valence-corrected chi connectivity index (χ1v) is 6.47. The number of benzene rings is 1. The van der Waals surface area contributed by atoms with Gasteiger partial charge in [0.2, 0.25) is 0 Å². The number of nitrogens with zero attached hydrogens (tertiary/aromatic N) is 1. The molecule has 0 aliphatic carbocycles. The minimum absolute atomic E-state index is 0.187.